The molecule has 0 unspecified atom stereocenters. The van der Waals surface area contributed by atoms with Crippen LogP contribution in [0.3, 0.4) is 0 Å². The fraction of sp³-hybridized carbons (Fsp3) is 0.278. The van der Waals surface area contributed by atoms with Crippen LogP contribution in [0, 0.1) is 12.8 Å². The normalized spacial score (nSPS) is 12.5. The summed E-state index contributed by atoms with van der Waals surface area (Å²) in [5.74, 6) is -1.25. The van der Waals surface area contributed by atoms with Gasteiger partial charge in [0.1, 0.15) is 10.6 Å². The Morgan fingerprint density at radius 3 is 2.42 bits per heavy atom. The van der Waals surface area contributed by atoms with Gasteiger partial charge in [-0.15, -0.1) is 0 Å². The summed E-state index contributed by atoms with van der Waals surface area (Å²) in [4.78, 5) is 12.3. The summed E-state index contributed by atoms with van der Waals surface area (Å²) in [5, 5.41) is 0.470. The van der Waals surface area contributed by atoms with E-state index in [0.29, 0.717) is 16.3 Å². The zero-order valence-corrected chi connectivity index (χ0v) is 16.0. The van der Waals surface area contributed by atoms with E-state index >= 15 is 0 Å². The lowest BCUT2D eigenvalue weighted by Crippen LogP contribution is -2.29. The van der Waals surface area contributed by atoms with Crippen molar-refractivity contribution in [2.24, 2.45) is 11.7 Å². The Bertz CT molecular complexity index is 881. The number of carbonyl (C=O) groups excluding carboxylic acids is 1. The predicted octanol–water partition coefficient (Wildman–Crippen LogP) is 2.71. The molecule has 0 heterocycles. The van der Waals surface area contributed by atoms with E-state index in [1.165, 1.54) is 19.2 Å². The molecule has 0 aliphatic heterocycles. The molecular formula is C18H20ClNO5S. The van der Waals surface area contributed by atoms with Crippen molar-refractivity contribution >= 4 is 27.7 Å². The van der Waals surface area contributed by atoms with Gasteiger partial charge in [-0.3, -0.25) is 4.79 Å². The van der Waals surface area contributed by atoms with E-state index in [1.807, 2.05) is 6.92 Å². The minimum Gasteiger partial charge on any atom is -0.496 e. The van der Waals surface area contributed by atoms with Gasteiger partial charge in [0.05, 0.1) is 13.0 Å². The first kappa shape index (κ1) is 20.2. The SMILES string of the molecule is COc1ccc(Cl)cc1C[C@@H](CN)C(=O)OS(=O)(=O)c1ccc(C)cc1. The Kier molecular flexibility index (Phi) is 6.63. The maximum atomic E-state index is 12.4. The summed E-state index contributed by atoms with van der Waals surface area (Å²) >= 11 is 5.98. The number of hydrogen-bond acceptors (Lipinski definition) is 6. The van der Waals surface area contributed by atoms with E-state index in [4.69, 9.17) is 26.3 Å². The number of ether oxygens (including phenoxy) is 1. The predicted molar refractivity (Wildman–Crippen MR) is 98.7 cm³/mol. The van der Waals surface area contributed by atoms with E-state index < -0.39 is 22.0 Å². The maximum absolute atomic E-state index is 12.4. The summed E-state index contributed by atoms with van der Waals surface area (Å²) in [5.41, 5.74) is 7.19. The Balaban J connectivity index is 2.18. The number of benzene rings is 2. The molecule has 1 atom stereocenters. The fourth-order valence-electron chi connectivity index (χ4n) is 2.36. The third-order valence-electron chi connectivity index (χ3n) is 3.83. The molecule has 2 N–H and O–H groups in total. The summed E-state index contributed by atoms with van der Waals surface area (Å²) < 4.78 is 34.6. The van der Waals surface area contributed by atoms with Crippen LogP contribution < -0.4 is 10.5 Å². The second-order valence-electron chi connectivity index (χ2n) is 5.76. The zero-order valence-electron chi connectivity index (χ0n) is 14.4. The van der Waals surface area contributed by atoms with Crippen molar-refractivity contribution in [1.29, 1.82) is 0 Å². The van der Waals surface area contributed by atoms with Crippen LogP contribution in [-0.4, -0.2) is 28.0 Å². The van der Waals surface area contributed by atoms with Gasteiger partial charge < -0.3 is 14.7 Å². The van der Waals surface area contributed by atoms with Gasteiger partial charge >= 0.3 is 16.1 Å². The maximum Gasteiger partial charge on any atom is 0.341 e. The average Bonchev–Trinajstić information content (AvgIpc) is 2.59. The first-order chi connectivity index (χ1) is 12.3. The number of methoxy groups -OCH3 is 1. The van der Waals surface area contributed by atoms with Gasteiger partial charge in [0.25, 0.3) is 0 Å². The van der Waals surface area contributed by atoms with E-state index in [9.17, 15) is 13.2 Å². The highest BCUT2D eigenvalue weighted by Crippen LogP contribution is 2.26. The van der Waals surface area contributed by atoms with Crippen LogP contribution in [0.1, 0.15) is 11.1 Å². The van der Waals surface area contributed by atoms with E-state index in [-0.39, 0.29) is 17.9 Å². The molecule has 2 rings (SSSR count). The zero-order chi connectivity index (χ0) is 19.3. The molecule has 2 aromatic rings. The molecule has 0 saturated carbocycles. The molecule has 0 radical (unpaired) electrons. The molecule has 6 nitrogen and oxygen atoms in total. The molecule has 0 aliphatic carbocycles. The van der Waals surface area contributed by atoms with Gasteiger partial charge in [-0.05, 0) is 49.2 Å². The van der Waals surface area contributed by atoms with Crippen LogP contribution in [0.4, 0.5) is 0 Å². The van der Waals surface area contributed by atoms with Crippen molar-refractivity contribution in [2.45, 2.75) is 18.2 Å². The number of carbonyl (C=O) groups is 1. The van der Waals surface area contributed by atoms with E-state index in [1.54, 1.807) is 30.3 Å². The number of hydrogen-bond donors (Lipinski definition) is 1. The van der Waals surface area contributed by atoms with Crippen LogP contribution in [-0.2, 0) is 25.5 Å². The Morgan fingerprint density at radius 2 is 1.85 bits per heavy atom. The second-order valence-corrected chi connectivity index (χ2v) is 7.75. The summed E-state index contributed by atoms with van der Waals surface area (Å²) in [6.45, 7) is 1.74. The number of halogens is 1. The second kappa shape index (κ2) is 8.53. The van der Waals surface area contributed by atoms with Crippen molar-refractivity contribution in [3.05, 3.63) is 58.6 Å². The van der Waals surface area contributed by atoms with Crippen LogP contribution in [0.25, 0.3) is 0 Å². The molecule has 0 aliphatic rings. The standard InChI is InChI=1S/C18H20ClNO5S/c1-12-3-6-16(7-4-12)26(22,23)25-18(21)14(11-20)9-13-10-15(19)5-8-17(13)24-2/h3-8,10,14H,9,11,20H2,1-2H3/t14-/m0/s1. The van der Waals surface area contributed by atoms with Gasteiger partial charge in [-0.1, -0.05) is 29.3 Å². The Labute approximate surface area is 158 Å². The molecule has 0 fully saturated rings. The lowest BCUT2D eigenvalue weighted by Gasteiger charge is -2.16. The molecule has 0 amide bonds. The lowest BCUT2D eigenvalue weighted by molar-refractivity contribution is -0.138. The van der Waals surface area contributed by atoms with Crippen LogP contribution in [0.15, 0.2) is 47.4 Å². The van der Waals surface area contributed by atoms with E-state index in [0.717, 1.165) is 5.56 Å². The van der Waals surface area contributed by atoms with Crippen molar-refractivity contribution in [3.8, 4) is 5.75 Å². The highest BCUT2D eigenvalue weighted by Gasteiger charge is 2.27. The Hall–Kier alpha value is -2.09. The first-order valence-corrected chi connectivity index (χ1v) is 9.63. The molecule has 140 valence electrons. The minimum absolute atomic E-state index is 0.0854. The molecule has 0 spiro atoms. The third-order valence-corrected chi connectivity index (χ3v) is 5.30. The molecule has 0 bridgehead atoms. The third kappa shape index (κ3) is 4.97. The van der Waals surface area contributed by atoms with Crippen LogP contribution in [0.2, 0.25) is 5.02 Å². The van der Waals surface area contributed by atoms with Crippen molar-refractivity contribution in [3.63, 3.8) is 0 Å². The molecule has 8 heteroatoms. The number of rotatable bonds is 7. The van der Waals surface area contributed by atoms with Gasteiger partial charge in [0.2, 0.25) is 0 Å². The molecule has 0 saturated heterocycles. The molecule has 0 aromatic heterocycles. The molecule has 2 aromatic carbocycles. The summed E-state index contributed by atoms with van der Waals surface area (Å²) in [6.07, 6.45) is 0.141. The summed E-state index contributed by atoms with van der Waals surface area (Å²) in [6, 6.07) is 11.0. The smallest absolute Gasteiger partial charge is 0.341 e. The number of nitrogens with two attached hydrogens (primary N) is 1. The van der Waals surface area contributed by atoms with Crippen LogP contribution >= 0.6 is 11.6 Å². The average molecular weight is 398 g/mol. The van der Waals surface area contributed by atoms with Crippen LogP contribution in [0.5, 0.6) is 5.75 Å². The minimum atomic E-state index is -4.21. The van der Waals surface area contributed by atoms with Gasteiger partial charge in [0, 0.05) is 11.6 Å². The van der Waals surface area contributed by atoms with Gasteiger partial charge in [-0.2, -0.15) is 8.42 Å². The van der Waals surface area contributed by atoms with Crippen molar-refractivity contribution < 1.29 is 22.1 Å². The fourth-order valence-corrected chi connectivity index (χ4v) is 3.48. The molecule has 26 heavy (non-hydrogen) atoms. The Morgan fingerprint density at radius 1 is 1.19 bits per heavy atom. The monoisotopic (exact) mass is 397 g/mol. The van der Waals surface area contributed by atoms with Crippen molar-refractivity contribution in [1.82, 2.24) is 0 Å². The topological polar surface area (TPSA) is 95.7 Å². The summed E-state index contributed by atoms with van der Waals surface area (Å²) in [7, 11) is -2.72. The highest BCUT2D eigenvalue weighted by molar-refractivity contribution is 7.87. The van der Waals surface area contributed by atoms with Gasteiger partial charge in [0.15, 0.2) is 0 Å². The van der Waals surface area contributed by atoms with Gasteiger partial charge in [-0.25, -0.2) is 0 Å². The number of aryl methyl sites for hydroxylation is 1. The van der Waals surface area contributed by atoms with Crippen molar-refractivity contribution in [2.75, 3.05) is 13.7 Å². The van der Waals surface area contributed by atoms with E-state index in [2.05, 4.69) is 0 Å². The quantitative estimate of drug-likeness (QED) is 0.721. The lowest BCUT2D eigenvalue weighted by atomic mass is 9.99. The largest absolute Gasteiger partial charge is 0.496 e. The highest BCUT2D eigenvalue weighted by atomic mass is 35.5. The molecular weight excluding hydrogens is 378 g/mol. The first-order valence-electron chi connectivity index (χ1n) is 7.84.